The number of hydrogen-bond donors (Lipinski definition) is 6. The molecule has 7 heteroatoms. The maximum atomic E-state index is 13.6. The Kier molecular flexibility index (Phi) is 7.31. The van der Waals surface area contributed by atoms with Gasteiger partial charge in [-0.1, -0.05) is 41.5 Å². The van der Waals surface area contributed by atoms with E-state index in [0.29, 0.717) is 19.3 Å². The Morgan fingerprint density at radius 3 is 2.03 bits per heavy atom. The van der Waals surface area contributed by atoms with E-state index in [1.54, 1.807) is 0 Å². The third-order valence-electron chi connectivity index (χ3n) is 11.7. The molecule has 0 heterocycles. The Labute approximate surface area is 209 Å². The molecule has 4 fully saturated rings. The Hall–Kier alpha value is -0.570. The van der Waals surface area contributed by atoms with Gasteiger partial charge in [-0.3, -0.25) is 4.79 Å². The fraction of sp³-hybridized carbons (Fsp3) is 0.964. The fourth-order valence-corrected chi connectivity index (χ4v) is 9.20. The van der Waals surface area contributed by atoms with Crippen molar-refractivity contribution in [2.24, 2.45) is 58.2 Å². The van der Waals surface area contributed by atoms with Crippen molar-refractivity contribution in [2.45, 2.75) is 110 Å². The van der Waals surface area contributed by atoms with Crippen molar-refractivity contribution in [3.8, 4) is 0 Å². The molecule has 7 nitrogen and oxygen atoms in total. The number of fused-ring (bicyclic) bond motifs is 5. The van der Waals surface area contributed by atoms with Gasteiger partial charge in [0.15, 0.2) is 0 Å². The monoisotopic (exact) mass is 496 g/mol. The van der Waals surface area contributed by atoms with E-state index >= 15 is 0 Å². The van der Waals surface area contributed by atoms with Crippen molar-refractivity contribution >= 4 is 5.78 Å². The molecule has 4 rings (SSSR count). The molecule has 202 valence electrons. The maximum Gasteiger partial charge on any atom is 0.137 e. The minimum atomic E-state index is -1.21. The summed E-state index contributed by atoms with van der Waals surface area (Å²) in [5.41, 5.74) is -0.925. The summed E-state index contributed by atoms with van der Waals surface area (Å²) >= 11 is 0. The standard InChI is InChI=1S/C28H48O7/c1-12(2)13(3)22(31)23(32)14(4)16-11-18(30)20-19-15(7-9-28(16,20)6)27(5)10-8-17(29)24(33)21(27)26(35)25(19)34/h12-17,19-26,29,31-35H,7-11H2,1-6H3/t13-,14-,15-,16+,17-,19+,20+,21+,22+,23+,24+,25+,26+,27+,28+/m0/s1. The fourth-order valence-electron chi connectivity index (χ4n) is 9.20. The van der Waals surface area contributed by atoms with Crippen LogP contribution in [0.4, 0.5) is 0 Å². The molecule has 4 aliphatic carbocycles. The molecular formula is C28H48O7. The van der Waals surface area contributed by atoms with Gasteiger partial charge < -0.3 is 30.6 Å². The molecule has 6 N–H and O–H groups in total. The lowest BCUT2D eigenvalue weighted by Gasteiger charge is -2.64. The van der Waals surface area contributed by atoms with E-state index in [-0.39, 0.29) is 35.4 Å². The Morgan fingerprint density at radius 1 is 0.829 bits per heavy atom. The molecule has 0 unspecified atom stereocenters. The second-order valence-electron chi connectivity index (χ2n) is 13.5. The lowest BCUT2D eigenvalue weighted by molar-refractivity contribution is -0.250. The Morgan fingerprint density at radius 2 is 1.43 bits per heavy atom. The van der Waals surface area contributed by atoms with Gasteiger partial charge in [-0.05, 0) is 66.1 Å². The van der Waals surface area contributed by atoms with Crippen LogP contribution in [0.1, 0.15) is 73.6 Å². The van der Waals surface area contributed by atoms with Crippen molar-refractivity contribution < 1.29 is 35.4 Å². The molecule has 0 saturated heterocycles. The number of carbonyl (C=O) groups is 1. The number of aliphatic hydroxyl groups is 6. The van der Waals surface area contributed by atoms with Crippen molar-refractivity contribution in [1.82, 2.24) is 0 Å². The molecule has 0 spiro atoms. The van der Waals surface area contributed by atoms with Gasteiger partial charge >= 0.3 is 0 Å². The largest absolute Gasteiger partial charge is 0.390 e. The lowest BCUT2D eigenvalue weighted by Crippen LogP contribution is -2.68. The van der Waals surface area contributed by atoms with E-state index in [0.717, 1.165) is 12.8 Å². The number of aliphatic hydroxyl groups excluding tert-OH is 6. The quantitative estimate of drug-likeness (QED) is 0.341. The average Bonchev–Trinajstić information content (AvgIpc) is 3.08. The highest BCUT2D eigenvalue weighted by atomic mass is 16.3. The molecule has 0 aromatic rings. The summed E-state index contributed by atoms with van der Waals surface area (Å²) in [4.78, 5) is 13.6. The highest BCUT2D eigenvalue weighted by molar-refractivity contribution is 5.85. The van der Waals surface area contributed by atoms with Gasteiger partial charge in [-0.15, -0.1) is 0 Å². The normalized spacial score (nSPS) is 51.2. The third-order valence-corrected chi connectivity index (χ3v) is 11.7. The Bertz CT molecular complexity index is 802. The highest BCUT2D eigenvalue weighted by Gasteiger charge is 2.69. The molecule has 0 bridgehead atoms. The number of carbonyl (C=O) groups excluding carboxylic acids is 1. The van der Waals surface area contributed by atoms with Gasteiger partial charge in [0, 0.05) is 24.2 Å². The number of rotatable bonds is 5. The second kappa shape index (κ2) is 9.32. The molecule has 35 heavy (non-hydrogen) atoms. The van der Waals surface area contributed by atoms with Crippen LogP contribution < -0.4 is 0 Å². The van der Waals surface area contributed by atoms with Crippen molar-refractivity contribution in [2.75, 3.05) is 0 Å². The maximum absolute atomic E-state index is 13.6. The van der Waals surface area contributed by atoms with Gasteiger partial charge in [0.05, 0.1) is 36.6 Å². The predicted molar refractivity (Wildman–Crippen MR) is 131 cm³/mol. The van der Waals surface area contributed by atoms with Crippen LogP contribution in [0.25, 0.3) is 0 Å². The van der Waals surface area contributed by atoms with Gasteiger partial charge in [0.1, 0.15) is 5.78 Å². The van der Waals surface area contributed by atoms with Crippen molar-refractivity contribution in [3.05, 3.63) is 0 Å². The molecule has 0 aromatic carbocycles. The van der Waals surface area contributed by atoms with E-state index in [1.807, 2.05) is 27.7 Å². The van der Waals surface area contributed by atoms with E-state index in [1.165, 1.54) is 0 Å². The summed E-state index contributed by atoms with van der Waals surface area (Å²) in [5.74, 6) is -1.74. The van der Waals surface area contributed by atoms with Crippen LogP contribution in [0.3, 0.4) is 0 Å². The molecule has 0 radical (unpaired) electrons. The minimum absolute atomic E-state index is 0.0411. The lowest BCUT2D eigenvalue weighted by atomic mass is 9.42. The zero-order chi connectivity index (χ0) is 26.2. The first kappa shape index (κ1) is 27.5. The van der Waals surface area contributed by atoms with E-state index in [4.69, 9.17) is 0 Å². The van der Waals surface area contributed by atoms with E-state index in [9.17, 15) is 35.4 Å². The first-order chi connectivity index (χ1) is 16.2. The predicted octanol–water partition coefficient (Wildman–Crippen LogP) is 1.75. The Balaban J connectivity index is 1.65. The SMILES string of the molecule is CC(C)[C@H](C)[C@@H](O)[C@H](O)[C@@H](C)[C@H]1CC(=O)[C@@H]2[C@@H]3[C@@H](O)[C@H](O)[C@H]4[C@H](O)[C@@H](O)CC[C@]4(C)[C@H]3CC[C@]12C. The van der Waals surface area contributed by atoms with Crippen LogP contribution in [0.2, 0.25) is 0 Å². The molecule has 0 amide bonds. The van der Waals surface area contributed by atoms with Crippen LogP contribution in [-0.2, 0) is 4.79 Å². The zero-order valence-corrected chi connectivity index (χ0v) is 22.2. The first-order valence-electron chi connectivity index (χ1n) is 13.8. The topological polar surface area (TPSA) is 138 Å². The van der Waals surface area contributed by atoms with Crippen LogP contribution in [0, 0.1) is 58.2 Å². The molecule has 15 atom stereocenters. The molecule has 0 aromatic heterocycles. The summed E-state index contributed by atoms with van der Waals surface area (Å²) in [6.45, 7) is 12.1. The van der Waals surface area contributed by atoms with Crippen LogP contribution in [-0.4, -0.2) is 73.0 Å². The first-order valence-corrected chi connectivity index (χ1v) is 13.8. The summed E-state index contributed by atoms with van der Waals surface area (Å²) in [5, 5.41) is 65.6. The molecule has 0 aliphatic heterocycles. The summed E-state index contributed by atoms with van der Waals surface area (Å²) < 4.78 is 0. The third kappa shape index (κ3) is 3.95. The van der Waals surface area contributed by atoms with Crippen LogP contribution >= 0.6 is 0 Å². The van der Waals surface area contributed by atoms with Crippen molar-refractivity contribution in [1.29, 1.82) is 0 Å². The van der Waals surface area contributed by atoms with Crippen molar-refractivity contribution in [3.63, 3.8) is 0 Å². The van der Waals surface area contributed by atoms with E-state index in [2.05, 4.69) is 13.8 Å². The summed E-state index contributed by atoms with van der Waals surface area (Å²) in [6.07, 6.45) is -3.32. The van der Waals surface area contributed by atoms with Gasteiger partial charge in [-0.25, -0.2) is 0 Å². The number of Topliss-reactive ketones (excluding diaryl/α,β-unsaturated/α-hetero) is 1. The van der Waals surface area contributed by atoms with Gasteiger partial charge in [0.2, 0.25) is 0 Å². The van der Waals surface area contributed by atoms with E-state index < -0.39 is 65.2 Å². The second-order valence-corrected chi connectivity index (χ2v) is 13.5. The van der Waals surface area contributed by atoms with Crippen LogP contribution in [0.15, 0.2) is 0 Å². The molecule has 4 aliphatic rings. The smallest absolute Gasteiger partial charge is 0.137 e. The zero-order valence-electron chi connectivity index (χ0n) is 22.2. The van der Waals surface area contributed by atoms with Gasteiger partial charge in [-0.2, -0.15) is 0 Å². The average molecular weight is 497 g/mol. The summed E-state index contributed by atoms with van der Waals surface area (Å²) in [6, 6.07) is 0. The molecule has 4 saturated carbocycles. The number of ketones is 1. The summed E-state index contributed by atoms with van der Waals surface area (Å²) in [7, 11) is 0. The van der Waals surface area contributed by atoms with Gasteiger partial charge in [0.25, 0.3) is 0 Å². The minimum Gasteiger partial charge on any atom is -0.390 e. The number of hydrogen-bond acceptors (Lipinski definition) is 7. The highest BCUT2D eigenvalue weighted by Crippen LogP contribution is 2.67. The molecular weight excluding hydrogens is 448 g/mol. The van der Waals surface area contributed by atoms with Crippen LogP contribution in [0.5, 0.6) is 0 Å².